The van der Waals surface area contributed by atoms with Gasteiger partial charge in [-0.15, -0.1) is 11.8 Å². The van der Waals surface area contributed by atoms with E-state index in [9.17, 15) is 0 Å². The van der Waals surface area contributed by atoms with Gasteiger partial charge >= 0.3 is 0 Å². The molecule has 1 rings (SSSR count). The lowest BCUT2D eigenvalue weighted by atomic mass is 10.1. The lowest BCUT2D eigenvalue weighted by Gasteiger charge is -2.06. The molecule has 1 N–H and O–H groups in total. The summed E-state index contributed by atoms with van der Waals surface area (Å²) in [5.41, 5.74) is 0. The van der Waals surface area contributed by atoms with Gasteiger partial charge in [0.15, 0.2) is 0 Å². The number of rotatable bonds is 6. The monoisotopic (exact) mass is 187 g/mol. The molecular weight excluding hydrogens is 166 g/mol. The van der Waals surface area contributed by atoms with Gasteiger partial charge < -0.3 is 5.32 Å². The zero-order valence-electron chi connectivity index (χ0n) is 8.14. The first-order valence-corrected chi connectivity index (χ1v) is 6.30. The maximum atomic E-state index is 3.39. The summed E-state index contributed by atoms with van der Waals surface area (Å²) in [6, 6.07) is 0. The molecule has 12 heavy (non-hydrogen) atoms. The molecule has 1 saturated heterocycles. The first-order valence-electron chi connectivity index (χ1n) is 5.26. The largest absolute Gasteiger partial charge is 0.307 e. The van der Waals surface area contributed by atoms with Crippen molar-refractivity contribution in [2.45, 2.75) is 50.7 Å². The maximum Gasteiger partial charge on any atom is 0.0421 e. The molecule has 1 atom stereocenters. The number of hydrogen-bond acceptors (Lipinski definition) is 2. The predicted octanol–water partition coefficient (Wildman–Crippen LogP) is 3.01. The second-order valence-electron chi connectivity index (χ2n) is 3.59. The summed E-state index contributed by atoms with van der Waals surface area (Å²) in [5, 5.41) is 4.31. The number of unbranched alkanes of at least 4 members (excludes halogenated alkanes) is 4. The zero-order chi connectivity index (χ0) is 8.65. The van der Waals surface area contributed by atoms with E-state index in [0.717, 1.165) is 5.25 Å². The molecule has 0 amide bonds. The molecule has 0 spiro atoms. The third kappa shape index (κ3) is 4.36. The van der Waals surface area contributed by atoms with Crippen molar-refractivity contribution in [1.29, 1.82) is 0 Å². The van der Waals surface area contributed by atoms with Crippen molar-refractivity contribution in [2.24, 2.45) is 0 Å². The Bertz CT molecular complexity index is 100. The van der Waals surface area contributed by atoms with Crippen LogP contribution in [0.5, 0.6) is 0 Å². The number of thioether (sulfide) groups is 1. The van der Waals surface area contributed by atoms with Crippen LogP contribution in [0, 0.1) is 0 Å². The van der Waals surface area contributed by atoms with Gasteiger partial charge in [0.1, 0.15) is 0 Å². The molecular formula is C10H21NS. The number of nitrogens with one attached hydrogen (secondary N) is 1. The number of hydrogen-bond donors (Lipinski definition) is 1. The summed E-state index contributed by atoms with van der Waals surface area (Å²) in [5.74, 6) is 1.18. The molecule has 0 aromatic carbocycles. The van der Waals surface area contributed by atoms with Crippen LogP contribution in [0.3, 0.4) is 0 Å². The lowest BCUT2D eigenvalue weighted by molar-refractivity contribution is 0.593. The average molecular weight is 187 g/mol. The smallest absolute Gasteiger partial charge is 0.0421 e. The van der Waals surface area contributed by atoms with Gasteiger partial charge in [0, 0.05) is 17.7 Å². The molecule has 1 aliphatic heterocycles. The Morgan fingerprint density at radius 3 is 2.75 bits per heavy atom. The first-order chi connectivity index (χ1) is 5.93. The summed E-state index contributed by atoms with van der Waals surface area (Å²) in [6.07, 6.45) is 8.56. The first kappa shape index (κ1) is 10.4. The highest BCUT2D eigenvalue weighted by Crippen LogP contribution is 2.20. The Hall–Kier alpha value is 0.310. The van der Waals surface area contributed by atoms with Crippen molar-refractivity contribution in [1.82, 2.24) is 5.32 Å². The summed E-state index contributed by atoms with van der Waals surface area (Å²) in [4.78, 5) is 0. The summed E-state index contributed by atoms with van der Waals surface area (Å²) in [7, 11) is 0. The van der Waals surface area contributed by atoms with Crippen LogP contribution < -0.4 is 5.32 Å². The molecule has 1 heterocycles. The third-order valence-electron chi connectivity index (χ3n) is 2.42. The van der Waals surface area contributed by atoms with E-state index in [1.54, 1.807) is 0 Å². The minimum Gasteiger partial charge on any atom is -0.307 e. The quantitative estimate of drug-likeness (QED) is 0.642. The van der Waals surface area contributed by atoms with Crippen LogP contribution >= 0.6 is 11.8 Å². The van der Waals surface area contributed by atoms with E-state index in [1.165, 1.54) is 50.9 Å². The van der Waals surface area contributed by atoms with Gasteiger partial charge in [0.05, 0.1) is 0 Å². The van der Waals surface area contributed by atoms with Gasteiger partial charge in [0.2, 0.25) is 0 Å². The molecule has 0 aromatic heterocycles. The molecule has 72 valence electrons. The van der Waals surface area contributed by atoms with Crippen LogP contribution in [0.15, 0.2) is 0 Å². The van der Waals surface area contributed by atoms with E-state index in [-0.39, 0.29) is 0 Å². The van der Waals surface area contributed by atoms with Crippen molar-refractivity contribution in [2.75, 3.05) is 12.4 Å². The van der Waals surface area contributed by atoms with Gasteiger partial charge in [0.25, 0.3) is 0 Å². The minimum atomic E-state index is 0.923. The lowest BCUT2D eigenvalue weighted by Crippen LogP contribution is -2.12. The molecule has 2 heteroatoms. The fourth-order valence-electron chi connectivity index (χ4n) is 1.62. The SMILES string of the molecule is CCCCCCCC1CNCS1. The molecule has 1 nitrogen and oxygen atoms in total. The standard InChI is InChI=1S/C10H21NS/c1-2-3-4-5-6-7-10-8-11-9-12-10/h10-11H,2-9H2,1H3. The van der Waals surface area contributed by atoms with E-state index in [1.807, 2.05) is 0 Å². The molecule has 1 unspecified atom stereocenters. The summed E-state index contributed by atoms with van der Waals surface area (Å²) < 4.78 is 0. The highest BCUT2D eigenvalue weighted by atomic mass is 32.2. The minimum absolute atomic E-state index is 0.923. The van der Waals surface area contributed by atoms with Crippen LogP contribution in [0.25, 0.3) is 0 Å². The van der Waals surface area contributed by atoms with Crippen LogP contribution in [0.1, 0.15) is 45.4 Å². The second kappa shape index (κ2) is 6.79. The third-order valence-corrected chi connectivity index (χ3v) is 3.67. The highest BCUT2D eigenvalue weighted by Gasteiger charge is 2.13. The van der Waals surface area contributed by atoms with Crippen molar-refractivity contribution in [3.05, 3.63) is 0 Å². The topological polar surface area (TPSA) is 12.0 Å². The second-order valence-corrected chi connectivity index (χ2v) is 4.88. The molecule has 1 aliphatic rings. The summed E-state index contributed by atoms with van der Waals surface area (Å²) in [6.45, 7) is 3.52. The van der Waals surface area contributed by atoms with Gasteiger partial charge in [-0.05, 0) is 6.42 Å². The van der Waals surface area contributed by atoms with E-state index < -0.39 is 0 Å². The van der Waals surface area contributed by atoms with Crippen molar-refractivity contribution >= 4 is 11.8 Å². The molecule has 0 aliphatic carbocycles. The van der Waals surface area contributed by atoms with Crippen molar-refractivity contribution in [3.8, 4) is 0 Å². The maximum absolute atomic E-state index is 3.39. The molecule has 0 radical (unpaired) electrons. The van der Waals surface area contributed by atoms with Crippen LogP contribution in [-0.4, -0.2) is 17.7 Å². The van der Waals surface area contributed by atoms with Crippen LogP contribution in [0.4, 0.5) is 0 Å². The Morgan fingerprint density at radius 1 is 1.25 bits per heavy atom. The van der Waals surface area contributed by atoms with Gasteiger partial charge in [-0.1, -0.05) is 39.0 Å². The Morgan fingerprint density at radius 2 is 2.08 bits per heavy atom. The van der Waals surface area contributed by atoms with E-state index in [2.05, 4.69) is 24.0 Å². The fraction of sp³-hybridized carbons (Fsp3) is 1.00. The van der Waals surface area contributed by atoms with Gasteiger partial charge in [-0.2, -0.15) is 0 Å². The Balaban J connectivity index is 1.81. The van der Waals surface area contributed by atoms with Gasteiger partial charge in [-0.25, -0.2) is 0 Å². The predicted molar refractivity (Wildman–Crippen MR) is 57.6 cm³/mol. The Labute approximate surface area is 80.7 Å². The van der Waals surface area contributed by atoms with Crippen molar-refractivity contribution in [3.63, 3.8) is 0 Å². The van der Waals surface area contributed by atoms with Gasteiger partial charge in [-0.3, -0.25) is 0 Å². The summed E-state index contributed by atoms with van der Waals surface area (Å²) >= 11 is 2.10. The Kier molecular flexibility index (Phi) is 5.88. The zero-order valence-corrected chi connectivity index (χ0v) is 8.96. The molecule has 0 bridgehead atoms. The van der Waals surface area contributed by atoms with E-state index in [4.69, 9.17) is 0 Å². The highest BCUT2D eigenvalue weighted by molar-refractivity contribution is 8.00. The van der Waals surface area contributed by atoms with Crippen molar-refractivity contribution < 1.29 is 0 Å². The van der Waals surface area contributed by atoms with E-state index in [0.29, 0.717) is 0 Å². The van der Waals surface area contributed by atoms with Crippen LogP contribution in [-0.2, 0) is 0 Å². The average Bonchev–Trinajstić information content (AvgIpc) is 2.57. The molecule has 0 saturated carbocycles. The van der Waals surface area contributed by atoms with Crippen LogP contribution in [0.2, 0.25) is 0 Å². The normalized spacial score (nSPS) is 23.2. The van der Waals surface area contributed by atoms with E-state index >= 15 is 0 Å². The fourth-order valence-corrected chi connectivity index (χ4v) is 2.66. The molecule has 1 fully saturated rings. The molecule has 0 aromatic rings.